The minimum Gasteiger partial charge on any atom is -0.377 e. The van der Waals surface area contributed by atoms with Gasteiger partial charge in [0.25, 0.3) is 0 Å². The summed E-state index contributed by atoms with van der Waals surface area (Å²) in [6.07, 6.45) is 3.76. The van der Waals surface area contributed by atoms with E-state index in [9.17, 15) is 0 Å². The smallest absolute Gasteiger partial charge is 0.0732 e. The summed E-state index contributed by atoms with van der Waals surface area (Å²) >= 11 is 0. The molecule has 0 amide bonds. The Morgan fingerprint density at radius 1 is 1.21 bits per heavy atom. The van der Waals surface area contributed by atoms with Gasteiger partial charge in [-0.3, -0.25) is 0 Å². The average molecular weight is 255 g/mol. The number of hydrogen-bond acceptors (Lipinski definition) is 2. The number of nitrogens with one attached hydrogen (secondary N) is 1. The highest BCUT2D eigenvalue weighted by Crippen LogP contribution is 2.23. The van der Waals surface area contributed by atoms with Gasteiger partial charge in [0.1, 0.15) is 0 Å². The van der Waals surface area contributed by atoms with Crippen molar-refractivity contribution in [3.8, 4) is 0 Å². The molecule has 1 fully saturated rings. The Morgan fingerprint density at radius 3 is 2.84 bits per heavy atom. The average Bonchev–Trinajstić information content (AvgIpc) is 2.99. The summed E-state index contributed by atoms with van der Waals surface area (Å²) in [5, 5.41) is 6.12. The summed E-state index contributed by atoms with van der Waals surface area (Å²) < 4.78 is 5.83. The van der Waals surface area contributed by atoms with Crippen LogP contribution < -0.4 is 5.32 Å². The Hall–Kier alpha value is -1.38. The molecule has 0 bridgehead atoms. The maximum Gasteiger partial charge on any atom is 0.0732 e. The van der Waals surface area contributed by atoms with Gasteiger partial charge in [0.15, 0.2) is 0 Å². The lowest BCUT2D eigenvalue weighted by molar-refractivity contribution is 0.0809. The molecule has 1 heterocycles. The molecule has 2 nitrogen and oxygen atoms in total. The third-order valence-corrected chi connectivity index (χ3v) is 4.10. The van der Waals surface area contributed by atoms with Gasteiger partial charge in [-0.1, -0.05) is 42.5 Å². The van der Waals surface area contributed by atoms with E-state index in [1.54, 1.807) is 0 Å². The van der Waals surface area contributed by atoms with Crippen LogP contribution in [0.15, 0.2) is 42.5 Å². The van der Waals surface area contributed by atoms with Crippen molar-refractivity contribution in [3.63, 3.8) is 0 Å². The lowest BCUT2D eigenvalue weighted by Crippen LogP contribution is -2.39. The molecule has 0 spiro atoms. The predicted octanol–water partition coefficient (Wildman–Crippen LogP) is 3.15. The Kier molecular flexibility index (Phi) is 3.81. The van der Waals surface area contributed by atoms with Crippen molar-refractivity contribution in [1.29, 1.82) is 0 Å². The molecule has 2 aromatic carbocycles. The molecular formula is C17H21NO. The number of likely N-dealkylation sites (N-methyl/N-ethyl adjacent to an activating group) is 1. The third kappa shape index (κ3) is 2.65. The summed E-state index contributed by atoms with van der Waals surface area (Å²) in [5.74, 6) is 0. The molecule has 0 saturated carbocycles. The molecule has 1 saturated heterocycles. The van der Waals surface area contributed by atoms with Crippen LogP contribution in [0.2, 0.25) is 0 Å². The number of ether oxygens (including phenoxy) is 1. The van der Waals surface area contributed by atoms with E-state index in [4.69, 9.17) is 4.74 Å². The topological polar surface area (TPSA) is 21.3 Å². The van der Waals surface area contributed by atoms with E-state index in [0.29, 0.717) is 12.1 Å². The van der Waals surface area contributed by atoms with Crippen molar-refractivity contribution in [2.45, 2.75) is 31.4 Å². The van der Waals surface area contributed by atoms with Crippen LogP contribution in [-0.2, 0) is 11.2 Å². The van der Waals surface area contributed by atoms with E-state index < -0.39 is 0 Å². The first-order chi connectivity index (χ1) is 9.38. The van der Waals surface area contributed by atoms with Crippen LogP contribution in [-0.4, -0.2) is 25.8 Å². The minimum absolute atomic E-state index is 0.365. The fraction of sp³-hybridized carbons (Fsp3) is 0.412. The Bertz CT molecular complexity index is 540. The molecule has 3 rings (SSSR count). The van der Waals surface area contributed by atoms with Gasteiger partial charge in [-0.15, -0.1) is 0 Å². The highest BCUT2D eigenvalue weighted by molar-refractivity contribution is 5.85. The summed E-state index contributed by atoms with van der Waals surface area (Å²) in [5.41, 5.74) is 1.41. The van der Waals surface area contributed by atoms with Gasteiger partial charge in [-0.2, -0.15) is 0 Å². The lowest BCUT2D eigenvalue weighted by atomic mass is 9.95. The molecule has 1 N–H and O–H groups in total. The molecule has 0 aliphatic carbocycles. The first kappa shape index (κ1) is 12.6. The van der Waals surface area contributed by atoms with Crippen LogP contribution in [0, 0.1) is 0 Å². The van der Waals surface area contributed by atoms with Crippen LogP contribution >= 0.6 is 0 Å². The van der Waals surface area contributed by atoms with Crippen LogP contribution in [0.25, 0.3) is 10.8 Å². The molecule has 100 valence electrons. The van der Waals surface area contributed by atoms with Gasteiger partial charge in [-0.25, -0.2) is 0 Å². The van der Waals surface area contributed by atoms with Crippen molar-refractivity contribution < 1.29 is 4.74 Å². The monoisotopic (exact) mass is 255 g/mol. The first-order valence-corrected chi connectivity index (χ1v) is 7.14. The molecular weight excluding hydrogens is 234 g/mol. The van der Waals surface area contributed by atoms with Crippen molar-refractivity contribution in [3.05, 3.63) is 48.0 Å². The zero-order chi connectivity index (χ0) is 13.1. The fourth-order valence-corrected chi connectivity index (χ4v) is 3.05. The maximum absolute atomic E-state index is 5.83. The summed E-state index contributed by atoms with van der Waals surface area (Å²) in [7, 11) is 2.04. The van der Waals surface area contributed by atoms with Crippen molar-refractivity contribution >= 4 is 10.8 Å². The van der Waals surface area contributed by atoms with Crippen molar-refractivity contribution in [1.82, 2.24) is 5.32 Å². The lowest BCUT2D eigenvalue weighted by Gasteiger charge is -2.23. The SMILES string of the molecule is CNC(Cc1cccc2ccccc12)C1CCCO1. The van der Waals surface area contributed by atoms with Crippen LogP contribution in [0.1, 0.15) is 18.4 Å². The standard InChI is InChI=1S/C17H21NO/c1-18-16(17-10-5-11-19-17)12-14-8-4-7-13-6-2-3-9-15(13)14/h2-4,6-9,16-18H,5,10-12H2,1H3. The molecule has 19 heavy (non-hydrogen) atoms. The molecule has 2 heteroatoms. The number of fused-ring (bicyclic) bond motifs is 1. The second-order valence-corrected chi connectivity index (χ2v) is 5.29. The molecule has 0 radical (unpaired) electrons. The highest BCUT2D eigenvalue weighted by atomic mass is 16.5. The van der Waals surface area contributed by atoms with E-state index in [2.05, 4.69) is 47.8 Å². The largest absolute Gasteiger partial charge is 0.377 e. The molecule has 2 aromatic rings. The van der Waals surface area contributed by atoms with Crippen molar-refractivity contribution in [2.24, 2.45) is 0 Å². The number of hydrogen-bond donors (Lipinski definition) is 1. The zero-order valence-electron chi connectivity index (χ0n) is 11.4. The summed E-state index contributed by atoms with van der Waals surface area (Å²) in [6, 6.07) is 15.6. The third-order valence-electron chi connectivity index (χ3n) is 4.10. The van der Waals surface area contributed by atoms with Crippen LogP contribution in [0.3, 0.4) is 0 Å². The van der Waals surface area contributed by atoms with E-state index >= 15 is 0 Å². The molecule has 1 aliphatic rings. The predicted molar refractivity (Wildman–Crippen MR) is 79.5 cm³/mol. The van der Waals surface area contributed by atoms with Crippen LogP contribution in [0.4, 0.5) is 0 Å². The van der Waals surface area contributed by atoms with Gasteiger partial charge >= 0.3 is 0 Å². The minimum atomic E-state index is 0.365. The van der Waals surface area contributed by atoms with Crippen LogP contribution in [0.5, 0.6) is 0 Å². The normalized spacial score (nSPS) is 20.8. The van der Waals surface area contributed by atoms with Gasteiger partial charge in [0, 0.05) is 12.6 Å². The second kappa shape index (κ2) is 5.72. The molecule has 0 aromatic heterocycles. The molecule has 2 unspecified atom stereocenters. The van der Waals surface area contributed by atoms with Gasteiger partial charge in [0.2, 0.25) is 0 Å². The number of benzene rings is 2. The van der Waals surface area contributed by atoms with Gasteiger partial charge in [0.05, 0.1) is 6.10 Å². The van der Waals surface area contributed by atoms with Gasteiger partial charge < -0.3 is 10.1 Å². The summed E-state index contributed by atoms with van der Waals surface area (Å²) in [4.78, 5) is 0. The van der Waals surface area contributed by atoms with Gasteiger partial charge in [-0.05, 0) is 42.6 Å². The first-order valence-electron chi connectivity index (χ1n) is 7.14. The highest BCUT2D eigenvalue weighted by Gasteiger charge is 2.25. The molecule has 2 atom stereocenters. The maximum atomic E-state index is 5.83. The Labute approximate surface area is 114 Å². The van der Waals surface area contributed by atoms with Crippen molar-refractivity contribution in [2.75, 3.05) is 13.7 Å². The van der Waals surface area contributed by atoms with E-state index in [-0.39, 0.29) is 0 Å². The van der Waals surface area contributed by atoms with E-state index in [1.165, 1.54) is 29.2 Å². The van der Waals surface area contributed by atoms with E-state index in [1.807, 2.05) is 7.05 Å². The Morgan fingerprint density at radius 2 is 2.05 bits per heavy atom. The number of rotatable bonds is 4. The quantitative estimate of drug-likeness (QED) is 0.906. The molecule has 1 aliphatic heterocycles. The second-order valence-electron chi connectivity index (χ2n) is 5.29. The summed E-state index contributed by atoms with van der Waals surface area (Å²) in [6.45, 7) is 0.915. The Balaban J connectivity index is 1.87. The van der Waals surface area contributed by atoms with E-state index in [0.717, 1.165) is 13.0 Å². The fourth-order valence-electron chi connectivity index (χ4n) is 3.05. The zero-order valence-corrected chi connectivity index (χ0v) is 11.4.